The number of hydrogen-bond donors (Lipinski definition) is 2. The normalized spacial score (nSPS) is 16.4. The molecule has 2 N–H and O–H groups in total. The van der Waals surface area contributed by atoms with Crippen LogP contribution in [-0.2, 0) is 9.36 Å². The first kappa shape index (κ1) is 12.9. The first-order valence-corrected chi connectivity index (χ1v) is 6.79. The highest BCUT2D eigenvalue weighted by molar-refractivity contribution is 7.66. The Balaban J connectivity index is 2.94. The minimum atomic E-state index is -3.56. The summed E-state index contributed by atoms with van der Waals surface area (Å²) in [7, 11) is -3.56. The molecule has 88 valence electrons. The van der Waals surface area contributed by atoms with Gasteiger partial charge in [0.05, 0.1) is 5.92 Å². The minimum Gasteiger partial charge on any atom is -0.481 e. The van der Waals surface area contributed by atoms with Crippen molar-refractivity contribution in [3.63, 3.8) is 0 Å². The Morgan fingerprint density at radius 3 is 2.62 bits per heavy atom. The lowest BCUT2D eigenvalue weighted by atomic mass is 10.2. The van der Waals surface area contributed by atoms with Crippen LogP contribution in [0, 0.1) is 12.8 Å². The SMILES string of the molecule is Cc1cccc(P(=O)(O)CC(C)C(=O)O)c1. The molecular formula is C11H15O4P. The predicted octanol–water partition coefficient (Wildman–Crippen LogP) is 1.61. The zero-order valence-electron chi connectivity index (χ0n) is 9.25. The Morgan fingerprint density at radius 2 is 2.12 bits per heavy atom. The van der Waals surface area contributed by atoms with Gasteiger partial charge in [-0.3, -0.25) is 9.36 Å². The highest BCUT2D eigenvalue weighted by atomic mass is 31.2. The number of aryl methyl sites for hydroxylation is 1. The number of hydrogen-bond acceptors (Lipinski definition) is 2. The van der Waals surface area contributed by atoms with Crippen molar-refractivity contribution in [3.05, 3.63) is 29.8 Å². The van der Waals surface area contributed by atoms with Gasteiger partial charge in [0.1, 0.15) is 0 Å². The van der Waals surface area contributed by atoms with Crippen LogP contribution in [0.25, 0.3) is 0 Å². The van der Waals surface area contributed by atoms with Crippen LogP contribution in [0.3, 0.4) is 0 Å². The molecule has 16 heavy (non-hydrogen) atoms. The molecule has 0 aliphatic heterocycles. The Labute approximate surface area is 94.4 Å². The summed E-state index contributed by atoms with van der Waals surface area (Å²) in [5.41, 5.74) is 0.884. The molecule has 0 bridgehead atoms. The number of rotatable bonds is 4. The maximum Gasteiger partial charge on any atom is 0.306 e. The van der Waals surface area contributed by atoms with E-state index in [4.69, 9.17) is 5.11 Å². The summed E-state index contributed by atoms with van der Waals surface area (Å²) < 4.78 is 12.0. The van der Waals surface area contributed by atoms with E-state index in [1.54, 1.807) is 18.2 Å². The van der Waals surface area contributed by atoms with Crippen LogP contribution in [0.15, 0.2) is 24.3 Å². The summed E-state index contributed by atoms with van der Waals surface area (Å²) in [6, 6.07) is 6.70. The lowest BCUT2D eigenvalue weighted by Crippen LogP contribution is -2.18. The van der Waals surface area contributed by atoms with E-state index in [0.29, 0.717) is 5.30 Å². The summed E-state index contributed by atoms with van der Waals surface area (Å²) in [5.74, 6) is -1.88. The van der Waals surface area contributed by atoms with Crippen molar-refractivity contribution in [2.75, 3.05) is 6.16 Å². The third kappa shape index (κ3) is 3.19. The van der Waals surface area contributed by atoms with Gasteiger partial charge in [0.15, 0.2) is 0 Å². The van der Waals surface area contributed by atoms with Crippen LogP contribution >= 0.6 is 7.37 Å². The van der Waals surface area contributed by atoms with Gasteiger partial charge in [-0.1, -0.05) is 24.6 Å². The van der Waals surface area contributed by atoms with Crippen LogP contribution < -0.4 is 5.30 Å². The van der Waals surface area contributed by atoms with E-state index in [2.05, 4.69) is 0 Å². The molecule has 0 fully saturated rings. The highest BCUT2D eigenvalue weighted by Gasteiger charge is 2.27. The Bertz CT molecular complexity index is 441. The molecule has 2 unspecified atom stereocenters. The molecule has 0 spiro atoms. The molecule has 0 aliphatic rings. The van der Waals surface area contributed by atoms with Crippen LogP contribution in [0.1, 0.15) is 12.5 Å². The molecule has 5 heteroatoms. The van der Waals surface area contributed by atoms with E-state index in [9.17, 15) is 14.3 Å². The summed E-state index contributed by atoms with van der Waals surface area (Å²) in [6.45, 7) is 3.26. The van der Waals surface area contributed by atoms with Crippen molar-refractivity contribution in [1.82, 2.24) is 0 Å². The van der Waals surface area contributed by atoms with E-state index in [1.807, 2.05) is 13.0 Å². The number of aliphatic carboxylic acids is 1. The molecule has 1 aromatic rings. The molecular weight excluding hydrogens is 227 g/mol. The van der Waals surface area contributed by atoms with Gasteiger partial charge in [-0.05, 0) is 19.1 Å². The lowest BCUT2D eigenvalue weighted by Gasteiger charge is -2.14. The Hall–Kier alpha value is -1.12. The van der Waals surface area contributed by atoms with E-state index in [1.165, 1.54) is 6.92 Å². The molecule has 0 amide bonds. The monoisotopic (exact) mass is 242 g/mol. The quantitative estimate of drug-likeness (QED) is 0.786. The smallest absolute Gasteiger partial charge is 0.306 e. The fraction of sp³-hybridized carbons (Fsp3) is 0.364. The molecule has 0 aromatic heterocycles. The zero-order chi connectivity index (χ0) is 12.3. The summed E-state index contributed by atoms with van der Waals surface area (Å²) >= 11 is 0. The predicted molar refractivity (Wildman–Crippen MR) is 62.3 cm³/mol. The third-order valence-electron chi connectivity index (χ3n) is 2.35. The second kappa shape index (κ2) is 4.81. The third-order valence-corrected chi connectivity index (χ3v) is 4.48. The standard InChI is InChI=1S/C11H15O4P/c1-8-4-3-5-10(6-8)16(14,15)7-9(2)11(12)13/h3-6,9H,7H2,1-2H3,(H,12,13)(H,14,15). The van der Waals surface area contributed by atoms with Gasteiger partial charge in [0.2, 0.25) is 7.37 Å². The van der Waals surface area contributed by atoms with E-state index in [-0.39, 0.29) is 6.16 Å². The Kier molecular flexibility index (Phi) is 3.89. The summed E-state index contributed by atoms with van der Waals surface area (Å²) in [4.78, 5) is 20.5. The van der Waals surface area contributed by atoms with Gasteiger partial charge in [0.25, 0.3) is 0 Å². The second-order valence-corrected chi connectivity index (χ2v) is 6.25. The van der Waals surface area contributed by atoms with Crippen LogP contribution in [0.2, 0.25) is 0 Å². The van der Waals surface area contributed by atoms with Gasteiger partial charge in [-0.25, -0.2) is 0 Å². The molecule has 0 aliphatic carbocycles. The van der Waals surface area contributed by atoms with Gasteiger partial charge in [-0.2, -0.15) is 0 Å². The van der Waals surface area contributed by atoms with E-state index in [0.717, 1.165) is 5.56 Å². The zero-order valence-corrected chi connectivity index (χ0v) is 10.1. The topological polar surface area (TPSA) is 74.6 Å². The van der Waals surface area contributed by atoms with Crippen molar-refractivity contribution < 1.29 is 19.4 Å². The van der Waals surface area contributed by atoms with Crippen molar-refractivity contribution in [1.29, 1.82) is 0 Å². The van der Waals surface area contributed by atoms with Crippen molar-refractivity contribution in [2.45, 2.75) is 13.8 Å². The van der Waals surface area contributed by atoms with Gasteiger partial charge in [0, 0.05) is 11.5 Å². The van der Waals surface area contributed by atoms with Crippen molar-refractivity contribution in [3.8, 4) is 0 Å². The maximum absolute atomic E-state index is 12.0. The number of carbonyl (C=O) groups is 1. The number of carboxylic acid groups (broad SMARTS) is 1. The molecule has 0 heterocycles. The average molecular weight is 242 g/mol. The molecule has 0 saturated carbocycles. The molecule has 0 radical (unpaired) electrons. The van der Waals surface area contributed by atoms with Crippen LogP contribution in [0.4, 0.5) is 0 Å². The molecule has 2 atom stereocenters. The van der Waals surface area contributed by atoms with Crippen LogP contribution in [0.5, 0.6) is 0 Å². The van der Waals surface area contributed by atoms with E-state index < -0.39 is 19.3 Å². The molecule has 1 aromatic carbocycles. The lowest BCUT2D eigenvalue weighted by molar-refractivity contribution is -0.140. The number of benzene rings is 1. The Morgan fingerprint density at radius 1 is 1.50 bits per heavy atom. The van der Waals surface area contributed by atoms with Crippen molar-refractivity contribution >= 4 is 18.6 Å². The maximum atomic E-state index is 12.0. The van der Waals surface area contributed by atoms with E-state index >= 15 is 0 Å². The highest BCUT2D eigenvalue weighted by Crippen LogP contribution is 2.41. The fourth-order valence-corrected chi connectivity index (χ4v) is 3.23. The van der Waals surface area contributed by atoms with Crippen molar-refractivity contribution in [2.24, 2.45) is 5.92 Å². The number of carboxylic acids is 1. The van der Waals surface area contributed by atoms with Gasteiger partial charge >= 0.3 is 5.97 Å². The fourth-order valence-electron chi connectivity index (χ4n) is 1.40. The largest absolute Gasteiger partial charge is 0.481 e. The molecule has 4 nitrogen and oxygen atoms in total. The molecule has 0 saturated heterocycles. The van der Waals surface area contributed by atoms with Gasteiger partial charge in [-0.15, -0.1) is 0 Å². The minimum absolute atomic E-state index is 0.230. The second-order valence-electron chi connectivity index (χ2n) is 3.96. The van der Waals surface area contributed by atoms with Gasteiger partial charge < -0.3 is 10.00 Å². The first-order chi connectivity index (χ1) is 7.33. The summed E-state index contributed by atoms with van der Waals surface area (Å²) in [6.07, 6.45) is -0.230. The van der Waals surface area contributed by atoms with Crippen LogP contribution in [-0.4, -0.2) is 22.1 Å². The first-order valence-electron chi connectivity index (χ1n) is 4.95. The average Bonchev–Trinajstić information content (AvgIpc) is 2.17. The summed E-state index contributed by atoms with van der Waals surface area (Å²) in [5, 5.41) is 9.03. The molecule has 1 rings (SSSR count).